The van der Waals surface area contributed by atoms with Crippen molar-refractivity contribution in [3.8, 4) is 11.3 Å². The topological polar surface area (TPSA) is 54.7 Å². The molecular formula is C20H26N2O3. The van der Waals surface area contributed by atoms with Gasteiger partial charge < -0.3 is 14.5 Å². The van der Waals surface area contributed by atoms with Crippen LogP contribution in [0.2, 0.25) is 0 Å². The van der Waals surface area contributed by atoms with E-state index in [4.69, 9.17) is 9.15 Å². The van der Waals surface area contributed by atoms with Crippen LogP contribution in [0.4, 0.5) is 4.79 Å². The predicted octanol–water partition coefficient (Wildman–Crippen LogP) is 4.14. The number of carbonyl (C=O) groups is 1. The van der Waals surface area contributed by atoms with Crippen LogP contribution in [0.5, 0.6) is 0 Å². The lowest BCUT2D eigenvalue weighted by Crippen LogP contribution is -2.50. The summed E-state index contributed by atoms with van der Waals surface area (Å²) in [5.41, 5.74) is 1.73. The molecular weight excluding hydrogens is 316 g/mol. The number of nitrogens with one attached hydrogen (secondary N) is 1. The Labute approximate surface area is 149 Å². The number of rotatable bonds is 2. The molecule has 0 saturated carbocycles. The fourth-order valence-corrected chi connectivity index (χ4v) is 2.90. The summed E-state index contributed by atoms with van der Waals surface area (Å²) < 4.78 is 11.6. The molecule has 25 heavy (non-hydrogen) atoms. The number of ether oxygens (including phenoxy) is 1. The van der Waals surface area contributed by atoms with Gasteiger partial charge in [0, 0.05) is 25.2 Å². The van der Waals surface area contributed by atoms with Crippen LogP contribution in [-0.2, 0) is 4.74 Å². The first-order valence-electron chi connectivity index (χ1n) is 8.70. The summed E-state index contributed by atoms with van der Waals surface area (Å²) in [5.74, 6) is 1.58. The fourth-order valence-electron chi connectivity index (χ4n) is 2.90. The predicted molar refractivity (Wildman–Crippen MR) is 97.4 cm³/mol. The maximum atomic E-state index is 12.5. The molecule has 2 aromatic rings. The Morgan fingerprint density at radius 2 is 1.92 bits per heavy atom. The number of piperazine rings is 1. The SMILES string of the molecule is Cc1ccc(-c2ccc(C3CNCCN3C(=O)OC(C)(C)C)o2)cc1. The largest absolute Gasteiger partial charge is 0.459 e. The summed E-state index contributed by atoms with van der Waals surface area (Å²) in [7, 11) is 0. The molecule has 5 nitrogen and oxygen atoms in total. The summed E-state index contributed by atoms with van der Waals surface area (Å²) in [6, 6.07) is 12.0. The molecule has 0 bridgehead atoms. The van der Waals surface area contributed by atoms with Gasteiger partial charge in [-0.3, -0.25) is 4.90 Å². The first kappa shape index (κ1) is 17.5. The molecule has 1 aliphatic heterocycles. The molecule has 5 heteroatoms. The van der Waals surface area contributed by atoms with Crippen molar-refractivity contribution in [1.82, 2.24) is 10.2 Å². The second kappa shape index (κ2) is 6.92. The van der Waals surface area contributed by atoms with Gasteiger partial charge in [-0.25, -0.2) is 4.79 Å². The van der Waals surface area contributed by atoms with Crippen molar-refractivity contribution < 1.29 is 13.9 Å². The minimum atomic E-state index is -0.511. The minimum absolute atomic E-state index is 0.164. The molecule has 0 aliphatic carbocycles. The van der Waals surface area contributed by atoms with E-state index in [0.29, 0.717) is 13.1 Å². The number of hydrogen-bond donors (Lipinski definition) is 1. The Morgan fingerprint density at radius 3 is 2.60 bits per heavy atom. The van der Waals surface area contributed by atoms with Crippen molar-refractivity contribution in [2.45, 2.75) is 39.3 Å². The molecule has 1 amide bonds. The number of carbonyl (C=O) groups excluding carboxylic acids is 1. The quantitative estimate of drug-likeness (QED) is 0.891. The number of benzene rings is 1. The van der Waals surface area contributed by atoms with Gasteiger partial charge in [-0.05, 0) is 39.8 Å². The third-order valence-corrected chi connectivity index (χ3v) is 4.16. The number of hydrogen-bond acceptors (Lipinski definition) is 4. The van der Waals surface area contributed by atoms with Gasteiger partial charge in [-0.15, -0.1) is 0 Å². The lowest BCUT2D eigenvalue weighted by atomic mass is 10.1. The van der Waals surface area contributed by atoms with Crippen molar-refractivity contribution in [2.75, 3.05) is 19.6 Å². The van der Waals surface area contributed by atoms with Gasteiger partial charge in [0.1, 0.15) is 23.2 Å². The van der Waals surface area contributed by atoms with Crippen molar-refractivity contribution >= 4 is 6.09 Å². The first-order chi connectivity index (χ1) is 11.8. The third kappa shape index (κ3) is 4.23. The van der Waals surface area contributed by atoms with Crippen molar-refractivity contribution in [1.29, 1.82) is 0 Å². The van der Waals surface area contributed by atoms with E-state index in [0.717, 1.165) is 23.6 Å². The van der Waals surface area contributed by atoms with Crippen molar-refractivity contribution in [2.24, 2.45) is 0 Å². The van der Waals surface area contributed by atoms with E-state index >= 15 is 0 Å². The van der Waals surface area contributed by atoms with Gasteiger partial charge in [-0.1, -0.05) is 29.8 Å². The Kier molecular flexibility index (Phi) is 4.86. The zero-order valence-electron chi connectivity index (χ0n) is 15.3. The van der Waals surface area contributed by atoms with E-state index in [1.807, 2.05) is 45.0 Å². The van der Waals surface area contributed by atoms with Gasteiger partial charge in [0.05, 0.1) is 0 Å². The van der Waals surface area contributed by atoms with Crippen LogP contribution in [0.1, 0.15) is 38.1 Å². The van der Waals surface area contributed by atoms with Gasteiger partial charge in [0.25, 0.3) is 0 Å². The van der Waals surface area contributed by atoms with Crippen LogP contribution in [-0.4, -0.2) is 36.2 Å². The Morgan fingerprint density at radius 1 is 1.20 bits per heavy atom. The highest BCUT2D eigenvalue weighted by molar-refractivity contribution is 5.69. The standard InChI is InChI=1S/C20H26N2O3/c1-14-5-7-15(8-6-14)17-9-10-18(24-17)16-13-21-11-12-22(16)19(23)25-20(2,3)4/h5-10,16,21H,11-13H2,1-4H3. The molecule has 2 heterocycles. The van der Waals surface area contributed by atoms with Gasteiger partial charge in [0.15, 0.2) is 0 Å². The highest BCUT2D eigenvalue weighted by atomic mass is 16.6. The number of furan rings is 1. The van der Waals surface area contributed by atoms with Gasteiger partial charge in [-0.2, -0.15) is 0 Å². The Hall–Kier alpha value is -2.27. The van der Waals surface area contributed by atoms with Crippen LogP contribution in [0.3, 0.4) is 0 Å². The Bertz CT molecular complexity index is 728. The lowest BCUT2D eigenvalue weighted by Gasteiger charge is -2.36. The van der Waals surface area contributed by atoms with E-state index in [-0.39, 0.29) is 12.1 Å². The number of aryl methyl sites for hydroxylation is 1. The second-order valence-corrected chi connectivity index (χ2v) is 7.46. The summed E-state index contributed by atoms with van der Waals surface area (Å²) in [5, 5.41) is 3.33. The summed E-state index contributed by atoms with van der Waals surface area (Å²) >= 11 is 0. The first-order valence-corrected chi connectivity index (χ1v) is 8.70. The highest BCUT2D eigenvalue weighted by Gasteiger charge is 2.33. The molecule has 1 aromatic heterocycles. The molecule has 1 N–H and O–H groups in total. The zero-order valence-corrected chi connectivity index (χ0v) is 15.3. The molecule has 1 atom stereocenters. The van der Waals surface area contributed by atoms with E-state index in [2.05, 4.69) is 24.4 Å². The molecule has 1 unspecified atom stereocenters. The van der Waals surface area contributed by atoms with Crippen LogP contribution in [0.15, 0.2) is 40.8 Å². The van der Waals surface area contributed by atoms with Gasteiger partial charge in [0.2, 0.25) is 0 Å². The monoisotopic (exact) mass is 342 g/mol. The molecule has 134 valence electrons. The molecule has 1 aliphatic rings. The van der Waals surface area contributed by atoms with Gasteiger partial charge >= 0.3 is 6.09 Å². The molecule has 0 spiro atoms. The van der Waals surface area contributed by atoms with Crippen LogP contribution in [0.25, 0.3) is 11.3 Å². The van der Waals surface area contributed by atoms with E-state index in [9.17, 15) is 4.79 Å². The Balaban J connectivity index is 1.81. The molecule has 0 radical (unpaired) electrons. The molecule has 3 rings (SSSR count). The molecule has 1 fully saturated rings. The summed E-state index contributed by atoms with van der Waals surface area (Å²) in [4.78, 5) is 14.3. The van der Waals surface area contributed by atoms with Crippen LogP contribution in [0, 0.1) is 6.92 Å². The van der Waals surface area contributed by atoms with Crippen molar-refractivity contribution in [3.63, 3.8) is 0 Å². The van der Waals surface area contributed by atoms with E-state index < -0.39 is 5.60 Å². The van der Waals surface area contributed by atoms with Crippen LogP contribution < -0.4 is 5.32 Å². The fraction of sp³-hybridized carbons (Fsp3) is 0.450. The summed E-state index contributed by atoms with van der Waals surface area (Å²) in [6.07, 6.45) is -0.299. The minimum Gasteiger partial charge on any atom is -0.459 e. The van der Waals surface area contributed by atoms with Crippen molar-refractivity contribution in [3.05, 3.63) is 47.7 Å². The van der Waals surface area contributed by atoms with Crippen LogP contribution >= 0.6 is 0 Å². The lowest BCUT2D eigenvalue weighted by molar-refractivity contribution is 0.00939. The maximum absolute atomic E-state index is 12.5. The average Bonchev–Trinajstić information content (AvgIpc) is 3.04. The molecule has 1 saturated heterocycles. The van der Waals surface area contributed by atoms with E-state index in [1.54, 1.807) is 4.90 Å². The number of nitrogens with zero attached hydrogens (tertiary/aromatic N) is 1. The number of amides is 1. The smallest absolute Gasteiger partial charge is 0.411 e. The second-order valence-electron chi connectivity index (χ2n) is 7.46. The summed E-state index contributed by atoms with van der Waals surface area (Å²) in [6.45, 7) is 9.70. The molecule has 1 aromatic carbocycles. The zero-order chi connectivity index (χ0) is 18.0. The normalized spacial score (nSPS) is 18.2. The third-order valence-electron chi connectivity index (χ3n) is 4.16. The van der Waals surface area contributed by atoms with E-state index in [1.165, 1.54) is 5.56 Å². The average molecular weight is 342 g/mol. The maximum Gasteiger partial charge on any atom is 0.411 e. The highest BCUT2D eigenvalue weighted by Crippen LogP contribution is 2.30.